The normalized spacial score (nSPS) is 12.4. The maximum Gasteiger partial charge on any atom is 0.196 e. The van der Waals surface area contributed by atoms with Gasteiger partial charge in [0.25, 0.3) is 0 Å². The largest absolute Gasteiger partial charge is 0.300 e. The summed E-state index contributed by atoms with van der Waals surface area (Å²) in [5.41, 5.74) is 1.34. The van der Waals surface area contributed by atoms with E-state index >= 15 is 0 Å². The Morgan fingerprint density at radius 1 is 1.14 bits per heavy atom. The summed E-state index contributed by atoms with van der Waals surface area (Å²) in [5.74, 6) is 0.476. The topological polar surface area (TPSA) is 51.0 Å². The average Bonchev–Trinajstić information content (AvgIpc) is 3.10. The lowest BCUT2D eigenvalue weighted by Gasteiger charge is -2.20. The molecule has 0 spiro atoms. The zero-order valence-electron chi connectivity index (χ0n) is 15.8. The van der Waals surface area contributed by atoms with Gasteiger partial charge in [0.2, 0.25) is 0 Å². The third-order valence-electron chi connectivity index (χ3n) is 4.39. The number of carbonyl (C=O) groups is 1. The van der Waals surface area contributed by atoms with Crippen LogP contribution < -0.4 is 0 Å². The molecule has 1 atom stereocenters. The van der Waals surface area contributed by atoms with E-state index < -0.39 is 0 Å². The summed E-state index contributed by atoms with van der Waals surface area (Å²) in [6.45, 7) is 2.04. The molecule has 3 rings (SSSR count). The highest BCUT2D eigenvalue weighted by atomic mass is 35.5. The van der Waals surface area contributed by atoms with Crippen molar-refractivity contribution in [3.8, 4) is 5.69 Å². The molecule has 0 bridgehead atoms. The lowest BCUT2D eigenvalue weighted by molar-refractivity contribution is 0.102. The first-order valence-corrected chi connectivity index (χ1v) is 10.0. The first-order chi connectivity index (χ1) is 13.4. The standard InChI is InChI=1S/C20H20ClFN4OS/c1-13(25(2)3)19-23-24-20(26(19)17-10-6-15(21)7-11-17)28-12-18(27)14-4-8-16(22)9-5-14/h4-11,13H,12H2,1-3H3/t13-/m0/s1. The molecular weight excluding hydrogens is 399 g/mol. The minimum atomic E-state index is -0.367. The van der Waals surface area contributed by atoms with Gasteiger partial charge in [0, 0.05) is 16.3 Å². The SMILES string of the molecule is C[C@@H](c1nnc(SCC(=O)c2ccc(F)cc2)n1-c1ccc(Cl)cc1)N(C)C. The van der Waals surface area contributed by atoms with Crippen LogP contribution in [0.5, 0.6) is 0 Å². The Hall–Kier alpha value is -2.22. The van der Waals surface area contributed by atoms with Crippen molar-refractivity contribution in [2.24, 2.45) is 0 Å². The Balaban J connectivity index is 1.89. The van der Waals surface area contributed by atoms with Crippen molar-refractivity contribution in [1.29, 1.82) is 0 Å². The molecule has 0 aliphatic rings. The van der Waals surface area contributed by atoms with E-state index in [0.29, 0.717) is 15.7 Å². The fraction of sp³-hybridized carbons (Fsp3) is 0.250. The van der Waals surface area contributed by atoms with Gasteiger partial charge in [-0.05, 0) is 69.6 Å². The number of nitrogens with zero attached hydrogens (tertiary/aromatic N) is 4. The number of hydrogen-bond donors (Lipinski definition) is 0. The number of aromatic nitrogens is 3. The summed E-state index contributed by atoms with van der Waals surface area (Å²) in [4.78, 5) is 14.5. The molecule has 1 heterocycles. The van der Waals surface area contributed by atoms with E-state index in [4.69, 9.17) is 11.6 Å². The monoisotopic (exact) mass is 418 g/mol. The molecule has 28 heavy (non-hydrogen) atoms. The van der Waals surface area contributed by atoms with Crippen LogP contribution in [0.4, 0.5) is 4.39 Å². The van der Waals surface area contributed by atoms with Crippen LogP contribution >= 0.6 is 23.4 Å². The summed E-state index contributed by atoms with van der Waals surface area (Å²) in [7, 11) is 3.94. The zero-order valence-corrected chi connectivity index (χ0v) is 17.3. The second-order valence-corrected chi connectivity index (χ2v) is 7.89. The highest BCUT2D eigenvalue weighted by molar-refractivity contribution is 7.99. The molecule has 0 N–H and O–H groups in total. The number of thioether (sulfide) groups is 1. The van der Waals surface area contributed by atoms with Gasteiger partial charge in [-0.25, -0.2) is 4.39 Å². The molecule has 0 saturated heterocycles. The smallest absolute Gasteiger partial charge is 0.196 e. The number of halogens is 2. The Labute approximate surface area is 172 Å². The Kier molecular flexibility index (Phi) is 6.49. The van der Waals surface area contributed by atoms with E-state index in [9.17, 15) is 9.18 Å². The lowest BCUT2D eigenvalue weighted by atomic mass is 10.1. The molecule has 1 aromatic heterocycles. The van der Waals surface area contributed by atoms with E-state index in [-0.39, 0.29) is 23.4 Å². The first-order valence-electron chi connectivity index (χ1n) is 8.66. The molecule has 0 aliphatic carbocycles. The number of rotatable bonds is 7. The van der Waals surface area contributed by atoms with E-state index in [2.05, 4.69) is 10.2 Å². The van der Waals surface area contributed by atoms with Gasteiger partial charge >= 0.3 is 0 Å². The number of carbonyl (C=O) groups excluding carboxylic acids is 1. The third-order valence-corrected chi connectivity index (χ3v) is 5.57. The number of benzene rings is 2. The van der Waals surface area contributed by atoms with Crippen molar-refractivity contribution < 1.29 is 9.18 Å². The van der Waals surface area contributed by atoms with Crippen LogP contribution in [0, 0.1) is 5.82 Å². The highest BCUT2D eigenvalue weighted by Crippen LogP contribution is 2.28. The molecule has 2 aromatic carbocycles. The molecule has 3 aromatic rings. The second kappa shape index (κ2) is 8.86. The fourth-order valence-electron chi connectivity index (χ4n) is 2.56. The lowest BCUT2D eigenvalue weighted by Crippen LogP contribution is -2.20. The maximum atomic E-state index is 13.1. The zero-order chi connectivity index (χ0) is 20.3. The van der Waals surface area contributed by atoms with Crippen LogP contribution in [0.25, 0.3) is 5.69 Å². The number of ketones is 1. The minimum absolute atomic E-state index is 0.0188. The van der Waals surface area contributed by atoms with Crippen LogP contribution in [0.15, 0.2) is 53.7 Å². The number of Topliss-reactive ketones (excluding diaryl/α,β-unsaturated/α-hetero) is 1. The third kappa shape index (κ3) is 4.60. The van der Waals surface area contributed by atoms with Crippen LogP contribution in [-0.4, -0.2) is 45.3 Å². The van der Waals surface area contributed by atoms with Gasteiger partial charge in [-0.2, -0.15) is 0 Å². The van der Waals surface area contributed by atoms with Crippen molar-refractivity contribution in [3.63, 3.8) is 0 Å². The Bertz CT molecular complexity index is 957. The summed E-state index contributed by atoms with van der Waals surface area (Å²) in [6.07, 6.45) is 0. The minimum Gasteiger partial charge on any atom is -0.300 e. The molecular formula is C20H20ClFN4OS. The van der Waals surface area contributed by atoms with Crippen LogP contribution in [0.2, 0.25) is 5.02 Å². The van der Waals surface area contributed by atoms with Gasteiger partial charge in [-0.3, -0.25) is 14.3 Å². The van der Waals surface area contributed by atoms with Crippen LogP contribution in [0.1, 0.15) is 29.1 Å². The van der Waals surface area contributed by atoms with E-state index in [0.717, 1.165) is 11.5 Å². The van der Waals surface area contributed by atoms with Crippen molar-refractivity contribution in [1.82, 2.24) is 19.7 Å². The molecule has 0 saturated carbocycles. The van der Waals surface area contributed by atoms with Gasteiger partial charge in [0.1, 0.15) is 5.82 Å². The van der Waals surface area contributed by atoms with Crippen molar-refractivity contribution in [2.45, 2.75) is 18.1 Å². The first kappa shape index (κ1) is 20.5. The van der Waals surface area contributed by atoms with E-state index in [1.54, 1.807) is 12.1 Å². The Morgan fingerprint density at radius 3 is 2.39 bits per heavy atom. The second-order valence-electron chi connectivity index (χ2n) is 6.51. The predicted molar refractivity (Wildman–Crippen MR) is 110 cm³/mol. The Morgan fingerprint density at radius 2 is 1.79 bits per heavy atom. The molecule has 146 valence electrons. The van der Waals surface area contributed by atoms with Gasteiger partial charge in [-0.1, -0.05) is 23.4 Å². The van der Waals surface area contributed by atoms with Gasteiger partial charge in [0.15, 0.2) is 16.8 Å². The van der Waals surface area contributed by atoms with Crippen LogP contribution in [0.3, 0.4) is 0 Å². The summed E-state index contributed by atoms with van der Waals surface area (Å²) < 4.78 is 15.0. The molecule has 0 fully saturated rings. The quantitative estimate of drug-likeness (QED) is 0.412. The van der Waals surface area contributed by atoms with Gasteiger partial charge in [0.05, 0.1) is 11.8 Å². The van der Waals surface area contributed by atoms with Crippen LogP contribution in [-0.2, 0) is 0 Å². The average molecular weight is 419 g/mol. The highest BCUT2D eigenvalue weighted by Gasteiger charge is 2.21. The maximum absolute atomic E-state index is 13.1. The summed E-state index contributed by atoms with van der Waals surface area (Å²) >= 11 is 7.32. The molecule has 0 amide bonds. The molecule has 8 heteroatoms. The number of hydrogen-bond acceptors (Lipinski definition) is 5. The fourth-order valence-corrected chi connectivity index (χ4v) is 3.54. The summed E-state index contributed by atoms with van der Waals surface area (Å²) in [6, 6.07) is 13.0. The summed E-state index contributed by atoms with van der Waals surface area (Å²) in [5, 5.41) is 9.91. The molecule has 5 nitrogen and oxygen atoms in total. The van der Waals surface area contributed by atoms with E-state index in [1.807, 2.05) is 42.6 Å². The van der Waals surface area contributed by atoms with Crippen molar-refractivity contribution in [3.05, 3.63) is 70.8 Å². The van der Waals surface area contributed by atoms with Crippen molar-refractivity contribution in [2.75, 3.05) is 19.8 Å². The van der Waals surface area contributed by atoms with Gasteiger partial charge < -0.3 is 0 Å². The molecule has 0 aliphatic heterocycles. The molecule has 0 radical (unpaired) electrons. The molecule has 0 unspecified atom stereocenters. The predicted octanol–water partition coefficient (Wildman–Crippen LogP) is 4.66. The van der Waals surface area contributed by atoms with Crippen molar-refractivity contribution >= 4 is 29.1 Å². The van der Waals surface area contributed by atoms with E-state index in [1.165, 1.54) is 36.0 Å². The van der Waals surface area contributed by atoms with Gasteiger partial charge in [-0.15, -0.1) is 10.2 Å².